The van der Waals surface area contributed by atoms with Crippen molar-refractivity contribution in [2.24, 2.45) is 0 Å². The van der Waals surface area contributed by atoms with E-state index in [1.54, 1.807) is 30.6 Å². The number of hydrogen-bond donors (Lipinski definition) is 1. The van der Waals surface area contributed by atoms with Crippen LogP contribution in [0.25, 0.3) is 10.8 Å². The van der Waals surface area contributed by atoms with Gasteiger partial charge in [0.1, 0.15) is 17.4 Å². The second-order valence-corrected chi connectivity index (χ2v) is 6.55. The Morgan fingerprint density at radius 3 is 2.53 bits per heavy atom. The number of aromatic nitrogens is 1. The molecule has 0 bridgehead atoms. The maximum absolute atomic E-state index is 13.5. The lowest BCUT2D eigenvalue weighted by molar-refractivity contribution is -0.119. The third-order valence-electron chi connectivity index (χ3n) is 4.56. The summed E-state index contributed by atoms with van der Waals surface area (Å²) in [6.45, 7) is -0.310. The molecule has 3 aromatic carbocycles. The number of pyridine rings is 1. The van der Waals surface area contributed by atoms with Gasteiger partial charge in [0.2, 0.25) is 0 Å². The Kier molecular flexibility index (Phi) is 5.26. The Labute approximate surface area is 171 Å². The van der Waals surface area contributed by atoms with Gasteiger partial charge in [0.05, 0.1) is 11.4 Å². The molecule has 150 valence electrons. The van der Waals surface area contributed by atoms with Crippen molar-refractivity contribution in [2.45, 2.75) is 0 Å². The number of nitrogens with two attached hydrogens (primary N) is 1. The molecule has 5 nitrogen and oxygen atoms in total. The topological polar surface area (TPSA) is 68.5 Å². The zero-order chi connectivity index (χ0) is 21.1. The monoisotopic (exact) mass is 405 g/mol. The van der Waals surface area contributed by atoms with Gasteiger partial charge >= 0.3 is 0 Å². The lowest BCUT2D eigenvalue weighted by Crippen LogP contribution is -2.31. The van der Waals surface area contributed by atoms with Gasteiger partial charge in [-0.1, -0.05) is 12.1 Å². The van der Waals surface area contributed by atoms with Gasteiger partial charge in [-0.2, -0.15) is 0 Å². The average Bonchev–Trinajstić information content (AvgIpc) is 2.75. The zero-order valence-corrected chi connectivity index (χ0v) is 15.8. The number of carbonyl (C=O) groups is 1. The van der Waals surface area contributed by atoms with Crippen LogP contribution in [0.15, 0.2) is 79.1 Å². The predicted octanol–water partition coefficient (Wildman–Crippen LogP) is 4.84. The number of benzene rings is 3. The summed E-state index contributed by atoms with van der Waals surface area (Å²) < 4.78 is 32.7. The number of nitrogens with zero attached hydrogens (tertiary/aromatic N) is 2. The second kappa shape index (κ2) is 8.16. The number of anilines is 3. The molecule has 0 radical (unpaired) electrons. The van der Waals surface area contributed by atoms with E-state index in [-0.39, 0.29) is 18.0 Å². The van der Waals surface area contributed by atoms with Crippen LogP contribution in [0.5, 0.6) is 5.75 Å². The molecule has 2 N–H and O–H groups in total. The van der Waals surface area contributed by atoms with Crippen LogP contribution in [0.4, 0.5) is 25.8 Å². The molecular formula is C23H17F2N3O2. The van der Waals surface area contributed by atoms with Crippen molar-refractivity contribution < 1.29 is 18.3 Å². The highest BCUT2D eigenvalue weighted by molar-refractivity contribution is 6.04. The Balaban J connectivity index is 1.66. The van der Waals surface area contributed by atoms with E-state index >= 15 is 0 Å². The first kappa shape index (κ1) is 19.3. The Bertz CT molecular complexity index is 1210. The van der Waals surface area contributed by atoms with Crippen molar-refractivity contribution in [2.75, 3.05) is 17.2 Å². The molecule has 0 aliphatic heterocycles. The van der Waals surface area contributed by atoms with Crippen LogP contribution in [0, 0.1) is 11.6 Å². The average molecular weight is 405 g/mol. The summed E-state index contributed by atoms with van der Waals surface area (Å²) in [5.41, 5.74) is 6.68. The van der Waals surface area contributed by atoms with E-state index in [9.17, 15) is 13.6 Å². The number of halogens is 2. The number of ether oxygens (including phenoxy) is 1. The molecule has 0 aliphatic carbocycles. The normalized spacial score (nSPS) is 10.7. The predicted molar refractivity (Wildman–Crippen MR) is 112 cm³/mol. The minimum atomic E-state index is -0.525. The summed E-state index contributed by atoms with van der Waals surface area (Å²) in [6.07, 6.45) is 3.34. The lowest BCUT2D eigenvalue weighted by Gasteiger charge is -2.24. The maximum Gasteiger partial charge on any atom is 0.269 e. The number of rotatable bonds is 5. The molecule has 30 heavy (non-hydrogen) atoms. The van der Waals surface area contributed by atoms with E-state index < -0.39 is 17.5 Å². The van der Waals surface area contributed by atoms with E-state index in [1.807, 2.05) is 6.07 Å². The van der Waals surface area contributed by atoms with Crippen LogP contribution >= 0.6 is 0 Å². The zero-order valence-electron chi connectivity index (χ0n) is 15.8. The fourth-order valence-corrected chi connectivity index (χ4v) is 3.16. The van der Waals surface area contributed by atoms with Gasteiger partial charge in [-0.05, 0) is 54.6 Å². The van der Waals surface area contributed by atoms with Crippen molar-refractivity contribution in [1.82, 2.24) is 4.98 Å². The van der Waals surface area contributed by atoms with Crippen molar-refractivity contribution in [3.8, 4) is 5.75 Å². The molecule has 0 unspecified atom stereocenters. The Hall–Kier alpha value is -4.00. The van der Waals surface area contributed by atoms with Crippen molar-refractivity contribution in [3.63, 3.8) is 0 Å². The van der Waals surface area contributed by atoms with E-state index in [1.165, 1.54) is 41.3 Å². The van der Waals surface area contributed by atoms with E-state index in [4.69, 9.17) is 10.5 Å². The number of amides is 1. The van der Waals surface area contributed by atoms with Gasteiger partial charge in [-0.25, -0.2) is 8.78 Å². The Morgan fingerprint density at radius 1 is 1.00 bits per heavy atom. The van der Waals surface area contributed by atoms with Gasteiger partial charge in [0.25, 0.3) is 5.91 Å². The quantitative estimate of drug-likeness (QED) is 0.483. The first-order chi connectivity index (χ1) is 14.5. The molecule has 1 heterocycles. The minimum Gasteiger partial charge on any atom is -0.483 e. The van der Waals surface area contributed by atoms with Crippen LogP contribution in [-0.2, 0) is 4.79 Å². The summed E-state index contributed by atoms with van der Waals surface area (Å²) >= 11 is 0. The molecule has 4 rings (SSSR count). The molecule has 0 fully saturated rings. The highest BCUT2D eigenvalue weighted by Gasteiger charge is 2.21. The largest absolute Gasteiger partial charge is 0.483 e. The maximum atomic E-state index is 13.5. The molecular weight excluding hydrogens is 388 g/mol. The third kappa shape index (κ3) is 3.91. The fraction of sp³-hybridized carbons (Fsp3) is 0.0435. The van der Waals surface area contributed by atoms with Crippen LogP contribution in [0.3, 0.4) is 0 Å². The van der Waals surface area contributed by atoms with Gasteiger partial charge in [0.15, 0.2) is 6.61 Å². The number of fused-ring (bicyclic) bond motifs is 1. The highest BCUT2D eigenvalue weighted by atomic mass is 19.1. The molecule has 0 saturated heterocycles. The summed E-state index contributed by atoms with van der Waals surface area (Å²) in [6, 6.07) is 16.3. The molecule has 1 aromatic heterocycles. The molecule has 0 saturated carbocycles. The lowest BCUT2D eigenvalue weighted by atomic mass is 10.1. The SMILES string of the molecule is Nc1cc(F)ccc1N(C(=O)COc1cccc2cnccc12)c1ccc(F)cc1. The van der Waals surface area contributed by atoms with Crippen molar-refractivity contribution >= 4 is 33.7 Å². The standard InChI is InChI=1S/C23H17F2N3O2/c24-16-4-7-18(8-5-16)28(21-9-6-17(25)12-20(21)26)23(29)14-30-22-3-1-2-15-13-27-11-10-19(15)22/h1-13H,14,26H2. The minimum absolute atomic E-state index is 0.0731. The van der Waals surface area contributed by atoms with Gasteiger partial charge in [-0.3, -0.25) is 14.7 Å². The van der Waals surface area contributed by atoms with Crippen molar-refractivity contribution in [3.05, 3.63) is 90.8 Å². The molecule has 0 aliphatic rings. The van der Waals surface area contributed by atoms with E-state index in [2.05, 4.69) is 4.98 Å². The molecule has 7 heteroatoms. The van der Waals surface area contributed by atoms with Crippen LogP contribution < -0.4 is 15.4 Å². The van der Waals surface area contributed by atoms with Crippen LogP contribution in [0.1, 0.15) is 0 Å². The van der Waals surface area contributed by atoms with E-state index in [0.29, 0.717) is 11.4 Å². The summed E-state index contributed by atoms with van der Waals surface area (Å²) in [5, 5.41) is 1.69. The fourth-order valence-electron chi connectivity index (χ4n) is 3.16. The highest BCUT2D eigenvalue weighted by Crippen LogP contribution is 2.32. The first-order valence-corrected chi connectivity index (χ1v) is 9.12. The molecule has 4 aromatic rings. The number of nitrogen functional groups attached to an aromatic ring is 1. The van der Waals surface area contributed by atoms with Crippen LogP contribution in [-0.4, -0.2) is 17.5 Å². The number of hydrogen-bond acceptors (Lipinski definition) is 4. The third-order valence-corrected chi connectivity index (χ3v) is 4.56. The molecule has 0 atom stereocenters. The summed E-state index contributed by atoms with van der Waals surface area (Å²) in [5.74, 6) is -0.900. The Morgan fingerprint density at radius 2 is 1.77 bits per heavy atom. The van der Waals surface area contributed by atoms with E-state index in [0.717, 1.165) is 16.8 Å². The van der Waals surface area contributed by atoms with Gasteiger partial charge in [-0.15, -0.1) is 0 Å². The van der Waals surface area contributed by atoms with Crippen LogP contribution in [0.2, 0.25) is 0 Å². The molecule has 1 amide bonds. The van der Waals surface area contributed by atoms with Gasteiger partial charge in [0, 0.05) is 28.9 Å². The van der Waals surface area contributed by atoms with Gasteiger partial charge < -0.3 is 10.5 Å². The smallest absolute Gasteiger partial charge is 0.269 e. The second-order valence-electron chi connectivity index (χ2n) is 6.55. The van der Waals surface area contributed by atoms with Crippen molar-refractivity contribution in [1.29, 1.82) is 0 Å². The summed E-state index contributed by atoms with van der Waals surface area (Å²) in [7, 11) is 0. The number of carbonyl (C=O) groups excluding carboxylic acids is 1. The molecule has 0 spiro atoms. The first-order valence-electron chi connectivity index (χ1n) is 9.12. The summed E-state index contributed by atoms with van der Waals surface area (Å²) in [4.78, 5) is 18.5.